The minimum absolute atomic E-state index is 0.0346. The number of primary amides is 1. The summed E-state index contributed by atoms with van der Waals surface area (Å²) in [5, 5.41) is 10.8. The summed E-state index contributed by atoms with van der Waals surface area (Å²) in [6.07, 6.45) is 0. The van der Waals surface area contributed by atoms with Gasteiger partial charge in [-0.3, -0.25) is 14.9 Å². The zero-order valence-electron chi connectivity index (χ0n) is 12.3. The number of amides is 1. The quantitative estimate of drug-likeness (QED) is 0.382. The van der Waals surface area contributed by atoms with Crippen LogP contribution < -0.4 is 15.2 Å². The van der Waals surface area contributed by atoms with E-state index in [1.807, 2.05) is 0 Å². The second-order valence-corrected chi connectivity index (χ2v) is 4.95. The van der Waals surface area contributed by atoms with E-state index in [1.54, 1.807) is 0 Å². The van der Waals surface area contributed by atoms with Gasteiger partial charge in [0.1, 0.15) is 16.5 Å². The van der Waals surface area contributed by atoms with Crippen molar-refractivity contribution in [2.24, 2.45) is 5.73 Å². The molecule has 1 amide bonds. The Morgan fingerprint density at radius 1 is 1.21 bits per heavy atom. The van der Waals surface area contributed by atoms with Crippen LogP contribution in [0.25, 0.3) is 0 Å². The van der Waals surface area contributed by atoms with Gasteiger partial charge in [0, 0.05) is 12.1 Å². The van der Waals surface area contributed by atoms with Gasteiger partial charge < -0.3 is 15.2 Å². The molecule has 8 nitrogen and oxygen atoms in total. The number of nitrogens with two attached hydrogens (primary N) is 1. The van der Waals surface area contributed by atoms with E-state index in [-0.39, 0.29) is 21.9 Å². The molecule has 2 rings (SSSR count). The van der Waals surface area contributed by atoms with E-state index >= 15 is 0 Å². The molecule has 2 aromatic carbocycles. The number of carbonyl (C=O) groups excluding carboxylic acids is 2. The number of nitro benzene ring substituents is 1. The van der Waals surface area contributed by atoms with Gasteiger partial charge in [-0.05, 0) is 24.3 Å². The highest BCUT2D eigenvalue weighted by molar-refractivity contribution is 6.32. The molecule has 0 atom stereocenters. The van der Waals surface area contributed by atoms with E-state index in [0.717, 1.165) is 6.07 Å². The molecule has 9 heteroatoms. The van der Waals surface area contributed by atoms with Crippen molar-refractivity contribution in [1.82, 2.24) is 0 Å². The Morgan fingerprint density at radius 2 is 1.92 bits per heavy atom. The first kappa shape index (κ1) is 17.2. The summed E-state index contributed by atoms with van der Waals surface area (Å²) < 4.78 is 10.1. The number of benzene rings is 2. The van der Waals surface area contributed by atoms with Crippen LogP contribution in [0.3, 0.4) is 0 Å². The Labute approximate surface area is 140 Å². The van der Waals surface area contributed by atoms with Gasteiger partial charge in [-0.2, -0.15) is 0 Å². The number of carbonyl (C=O) groups is 2. The molecule has 0 unspecified atom stereocenters. The second kappa shape index (κ2) is 6.97. The molecule has 2 N–H and O–H groups in total. The van der Waals surface area contributed by atoms with E-state index in [1.165, 1.54) is 37.4 Å². The zero-order chi connectivity index (χ0) is 17.9. The van der Waals surface area contributed by atoms with Crippen molar-refractivity contribution < 1.29 is 24.0 Å². The van der Waals surface area contributed by atoms with E-state index in [0.29, 0.717) is 5.75 Å². The number of rotatable bonds is 5. The van der Waals surface area contributed by atoms with E-state index in [4.69, 9.17) is 26.8 Å². The molecule has 0 saturated carbocycles. The number of ether oxygens (including phenoxy) is 2. The predicted octanol–water partition coefficient (Wildman–Crippen LogP) is 2.57. The van der Waals surface area contributed by atoms with Crippen LogP contribution in [0.5, 0.6) is 11.5 Å². The third-order valence-electron chi connectivity index (χ3n) is 3.04. The fourth-order valence-corrected chi connectivity index (χ4v) is 2.04. The minimum atomic E-state index is -0.912. The van der Waals surface area contributed by atoms with Crippen molar-refractivity contribution in [3.05, 3.63) is 62.7 Å². The molecule has 124 valence electrons. The molecule has 0 fully saturated rings. The van der Waals surface area contributed by atoms with Gasteiger partial charge in [-0.25, -0.2) is 4.79 Å². The molecule has 0 radical (unpaired) electrons. The Kier molecular flexibility index (Phi) is 5.00. The van der Waals surface area contributed by atoms with Crippen LogP contribution >= 0.6 is 11.6 Å². The number of halogens is 1. The van der Waals surface area contributed by atoms with Gasteiger partial charge in [0.2, 0.25) is 0 Å². The van der Waals surface area contributed by atoms with Crippen molar-refractivity contribution in [2.45, 2.75) is 0 Å². The number of nitro groups is 1. The molecule has 0 aliphatic heterocycles. The summed E-state index contributed by atoms with van der Waals surface area (Å²) >= 11 is 5.69. The molecule has 0 aliphatic rings. The topological polar surface area (TPSA) is 122 Å². The van der Waals surface area contributed by atoms with E-state index in [2.05, 4.69) is 0 Å². The molecule has 0 aromatic heterocycles. The van der Waals surface area contributed by atoms with Crippen LogP contribution in [0.4, 0.5) is 5.69 Å². The van der Waals surface area contributed by atoms with Gasteiger partial charge in [0.05, 0.1) is 23.2 Å². The molecule has 0 saturated heterocycles. The van der Waals surface area contributed by atoms with Gasteiger partial charge in [0.25, 0.3) is 11.6 Å². The van der Waals surface area contributed by atoms with Crippen LogP contribution in [-0.4, -0.2) is 23.9 Å². The fourth-order valence-electron chi connectivity index (χ4n) is 1.86. The Bertz CT molecular complexity index is 837. The lowest BCUT2D eigenvalue weighted by Gasteiger charge is -2.10. The van der Waals surface area contributed by atoms with Crippen LogP contribution in [0, 0.1) is 10.1 Å². The minimum Gasteiger partial charge on any atom is -0.497 e. The second-order valence-electron chi connectivity index (χ2n) is 4.54. The molecule has 0 bridgehead atoms. The maximum Gasteiger partial charge on any atom is 0.343 e. The first-order valence-corrected chi connectivity index (χ1v) is 6.85. The summed E-state index contributed by atoms with van der Waals surface area (Å²) in [6.45, 7) is 0. The highest BCUT2D eigenvalue weighted by Gasteiger charge is 2.20. The van der Waals surface area contributed by atoms with E-state index in [9.17, 15) is 19.7 Å². The lowest BCUT2D eigenvalue weighted by atomic mass is 10.1. The lowest BCUT2D eigenvalue weighted by Crippen LogP contribution is -2.16. The van der Waals surface area contributed by atoms with Gasteiger partial charge in [-0.15, -0.1) is 0 Å². The summed E-state index contributed by atoms with van der Waals surface area (Å²) in [4.78, 5) is 33.8. The standard InChI is InChI=1S/C15H11ClN2O6/c1-23-9-3-4-10(14(17)19)13(7-9)24-15(20)8-2-5-11(16)12(6-8)18(21)22/h2-7H,1H3,(H2,17,19). The average Bonchev–Trinajstić information content (AvgIpc) is 2.54. The first-order valence-electron chi connectivity index (χ1n) is 6.47. The molecule has 0 spiro atoms. The number of esters is 1. The Balaban J connectivity index is 2.38. The summed E-state index contributed by atoms with van der Waals surface area (Å²) in [6, 6.07) is 7.58. The number of hydrogen-bond donors (Lipinski definition) is 1. The average molecular weight is 351 g/mol. The van der Waals surface area contributed by atoms with E-state index < -0.39 is 22.5 Å². The Hall–Kier alpha value is -3.13. The largest absolute Gasteiger partial charge is 0.497 e. The van der Waals surface area contributed by atoms with Crippen molar-refractivity contribution in [3.63, 3.8) is 0 Å². The lowest BCUT2D eigenvalue weighted by molar-refractivity contribution is -0.384. The smallest absolute Gasteiger partial charge is 0.343 e. The van der Waals surface area contributed by atoms with Crippen molar-refractivity contribution >= 4 is 29.2 Å². The third kappa shape index (κ3) is 3.61. The molecule has 0 aliphatic carbocycles. The fraction of sp³-hybridized carbons (Fsp3) is 0.0667. The van der Waals surface area contributed by atoms with Crippen molar-refractivity contribution in [3.8, 4) is 11.5 Å². The molecular formula is C15H11ClN2O6. The highest BCUT2D eigenvalue weighted by atomic mass is 35.5. The van der Waals surface area contributed by atoms with Crippen LogP contribution in [0.2, 0.25) is 5.02 Å². The van der Waals surface area contributed by atoms with Gasteiger partial charge in [0.15, 0.2) is 0 Å². The molecule has 24 heavy (non-hydrogen) atoms. The summed E-state index contributed by atoms with van der Waals surface area (Å²) in [5.74, 6) is -1.50. The predicted molar refractivity (Wildman–Crippen MR) is 84.6 cm³/mol. The van der Waals surface area contributed by atoms with Crippen molar-refractivity contribution in [1.29, 1.82) is 0 Å². The van der Waals surface area contributed by atoms with Crippen LogP contribution in [0.15, 0.2) is 36.4 Å². The monoisotopic (exact) mass is 350 g/mol. The highest BCUT2D eigenvalue weighted by Crippen LogP contribution is 2.28. The van der Waals surface area contributed by atoms with Gasteiger partial charge in [-0.1, -0.05) is 11.6 Å². The van der Waals surface area contributed by atoms with Crippen LogP contribution in [-0.2, 0) is 0 Å². The Morgan fingerprint density at radius 3 is 2.50 bits per heavy atom. The molecule has 2 aromatic rings. The van der Waals surface area contributed by atoms with Crippen molar-refractivity contribution in [2.75, 3.05) is 7.11 Å². The first-order chi connectivity index (χ1) is 11.3. The molecule has 0 heterocycles. The third-order valence-corrected chi connectivity index (χ3v) is 3.36. The normalized spacial score (nSPS) is 10.1. The number of methoxy groups -OCH3 is 1. The number of hydrogen-bond acceptors (Lipinski definition) is 6. The molecular weight excluding hydrogens is 340 g/mol. The van der Waals surface area contributed by atoms with Crippen LogP contribution in [0.1, 0.15) is 20.7 Å². The summed E-state index contributed by atoms with van der Waals surface area (Å²) in [7, 11) is 1.40. The van der Waals surface area contributed by atoms with Gasteiger partial charge >= 0.3 is 5.97 Å². The summed E-state index contributed by atoms with van der Waals surface area (Å²) in [5.41, 5.74) is 4.65. The number of nitrogens with zero attached hydrogens (tertiary/aromatic N) is 1. The maximum atomic E-state index is 12.2. The maximum absolute atomic E-state index is 12.2. The SMILES string of the molecule is COc1ccc(C(N)=O)c(OC(=O)c2ccc(Cl)c([N+](=O)[O-])c2)c1. The zero-order valence-corrected chi connectivity index (χ0v) is 13.1.